The topological polar surface area (TPSA) is 72.8 Å². The molecule has 0 aromatic carbocycles. The number of aromatic amines is 1. The second-order valence-corrected chi connectivity index (χ2v) is 12.9. The Kier molecular flexibility index (Phi) is 3.93. The molecule has 126 valence electrons. The zero-order chi connectivity index (χ0) is 17.0. The van der Waals surface area contributed by atoms with E-state index in [-0.39, 0.29) is 28.0 Å². The SMILES string of the molecule is CC(C)(C)[Si](C)(C)OC1CC(n2c(=O)[nH]c3c(Cl)ncnc32)C1. The number of H-pyrrole nitrogens is 1. The monoisotopic (exact) mass is 354 g/mol. The molecule has 23 heavy (non-hydrogen) atoms. The van der Waals surface area contributed by atoms with Gasteiger partial charge in [0.2, 0.25) is 0 Å². The van der Waals surface area contributed by atoms with Gasteiger partial charge in [-0.1, -0.05) is 32.4 Å². The summed E-state index contributed by atoms with van der Waals surface area (Å²) in [7, 11) is -1.77. The van der Waals surface area contributed by atoms with Crippen LogP contribution in [0.1, 0.15) is 39.7 Å². The Morgan fingerprint density at radius 3 is 2.61 bits per heavy atom. The Morgan fingerprint density at radius 2 is 2.00 bits per heavy atom. The van der Waals surface area contributed by atoms with Gasteiger partial charge in [0, 0.05) is 12.1 Å². The molecule has 0 atom stereocenters. The highest BCUT2D eigenvalue weighted by Crippen LogP contribution is 2.43. The summed E-state index contributed by atoms with van der Waals surface area (Å²) in [6, 6.07) is 0.108. The third kappa shape index (κ3) is 2.85. The van der Waals surface area contributed by atoms with Crippen LogP contribution in [0, 0.1) is 0 Å². The summed E-state index contributed by atoms with van der Waals surface area (Å²) < 4.78 is 8.09. The number of halogens is 1. The molecule has 1 aliphatic carbocycles. The summed E-state index contributed by atoms with van der Waals surface area (Å²) in [6.45, 7) is 11.2. The molecule has 2 aromatic heterocycles. The van der Waals surface area contributed by atoms with Crippen LogP contribution < -0.4 is 5.69 Å². The highest BCUT2D eigenvalue weighted by atomic mass is 35.5. The van der Waals surface area contributed by atoms with Gasteiger partial charge in [0.05, 0.1) is 0 Å². The minimum atomic E-state index is -1.77. The molecular formula is C15H23ClN4O2Si. The Balaban J connectivity index is 1.77. The van der Waals surface area contributed by atoms with E-state index in [1.54, 1.807) is 4.57 Å². The van der Waals surface area contributed by atoms with Crippen LogP contribution in [-0.4, -0.2) is 33.9 Å². The Bertz CT molecular complexity index is 787. The van der Waals surface area contributed by atoms with Crippen LogP contribution >= 0.6 is 11.6 Å². The minimum Gasteiger partial charge on any atom is -0.414 e. The smallest absolute Gasteiger partial charge is 0.328 e. The second kappa shape index (κ2) is 5.43. The number of aromatic nitrogens is 4. The zero-order valence-electron chi connectivity index (χ0n) is 14.2. The fourth-order valence-electron chi connectivity index (χ4n) is 2.69. The molecule has 0 saturated heterocycles. The van der Waals surface area contributed by atoms with E-state index in [2.05, 4.69) is 48.8 Å². The minimum absolute atomic E-state index is 0.108. The second-order valence-electron chi connectivity index (χ2n) is 7.79. The van der Waals surface area contributed by atoms with E-state index in [1.165, 1.54) is 6.33 Å². The van der Waals surface area contributed by atoms with Crippen LogP contribution in [0.2, 0.25) is 23.3 Å². The number of nitrogens with one attached hydrogen (secondary N) is 1. The lowest BCUT2D eigenvalue weighted by Crippen LogP contribution is -2.48. The van der Waals surface area contributed by atoms with Crippen molar-refractivity contribution in [3.05, 3.63) is 22.0 Å². The van der Waals surface area contributed by atoms with Crippen molar-refractivity contribution in [2.75, 3.05) is 0 Å². The fraction of sp³-hybridized carbons (Fsp3) is 0.667. The number of nitrogens with zero attached hydrogens (tertiary/aromatic N) is 3. The van der Waals surface area contributed by atoms with Gasteiger partial charge in [-0.3, -0.25) is 4.57 Å². The van der Waals surface area contributed by atoms with Gasteiger partial charge in [0.1, 0.15) is 11.8 Å². The number of rotatable bonds is 3. The molecule has 0 unspecified atom stereocenters. The third-order valence-corrected chi connectivity index (χ3v) is 9.98. The Hall–Kier alpha value is -1.18. The fourth-order valence-corrected chi connectivity index (χ4v) is 4.24. The molecule has 1 aliphatic rings. The molecule has 8 heteroatoms. The molecule has 1 N–H and O–H groups in total. The van der Waals surface area contributed by atoms with Crippen molar-refractivity contribution in [1.29, 1.82) is 0 Å². The molecule has 3 rings (SSSR count). The number of imidazole rings is 1. The van der Waals surface area contributed by atoms with E-state index < -0.39 is 8.32 Å². The third-order valence-electron chi connectivity index (χ3n) is 5.16. The summed E-state index contributed by atoms with van der Waals surface area (Å²) in [5.74, 6) is 0. The molecule has 2 heterocycles. The highest BCUT2D eigenvalue weighted by Gasteiger charge is 2.43. The van der Waals surface area contributed by atoms with Gasteiger partial charge in [0.25, 0.3) is 0 Å². The summed E-state index contributed by atoms with van der Waals surface area (Å²) in [4.78, 5) is 23.1. The van der Waals surface area contributed by atoms with Gasteiger partial charge in [-0.25, -0.2) is 14.8 Å². The molecule has 6 nitrogen and oxygen atoms in total. The number of hydrogen-bond acceptors (Lipinski definition) is 4. The van der Waals surface area contributed by atoms with Crippen LogP contribution in [0.15, 0.2) is 11.1 Å². The molecule has 1 fully saturated rings. The van der Waals surface area contributed by atoms with Crippen molar-refractivity contribution in [3.8, 4) is 0 Å². The molecule has 0 bridgehead atoms. The number of hydrogen-bond donors (Lipinski definition) is 1. The van der Waals surface area contributed by atoms with E-state index in [9.17, 15) is 4.79 Å². The van der Waals surface area contributed by atoms with Crippen LogP contribution in [-0.2, 0) is 4.43 Å². The van der Waals surface area contributed by atoms with Crippen LogP contribution in [0.4, 0.5) is 0 Å². The van der Waals surface area contributed by atoms with E-state index in [0.717, 1.165) is 12.8 Å². The van der Waals surface area contributed by atoms with Gasteiger partial charge in [-0.05, 0) is 31.0 Å². The van der Waals surface area contributed by atoms with Crippen molar-refractivity contribution >= 4 is 31.1 Å². The van der Waals surface area contributed by atoms with E-state index in [1.807, 2.05) is 0 Å². The Labute approximate surface area is 141 Å². The molecule has 0 amide bonds. The van der Waals surface area contributed by atoms with Gasteiger partial charge in [-0.15, -0.1) is 0 Å². The average molecular weight is 355 g/mol. The lowest BCUT2D eigenvalue weighted by Gasteiger charge is -2.44. The summed E-state index contributed by atoms with van der Waals surface area (Å²) in [5.41, 5.74) is 0.900. The maximum absolute atomic E-state index is 12.2. The van der Waals surface area contributed by atoms with E-state index in [4.69, 9.17) is 16.0 Å². The normalized spacial score (nSPS) is 22.3. The van der Waals surface area contributed by atoms with Crippen LogP contribution in [0.5, 0.6) is 0 Å². The van der Waals surface area contributed by atoms with Crippen molar-refractivity contribution in [3.63, 3.8) is 0 Å². The molecule has 0 radical (unpaired) electrons. The average Bonchev–Trinajstić information content (AvgIpc) is 2.70. The van der Waals surface area contributed by atoms with Crippen molar-refractivity contribution in [1.82, 2.24) is 19.5 Å². The first kappa shape index (κ1) is 16.7. The molecular weight excluding hydrogens is 332 g/mol. The van der Waals surface area contributed by atoms with Gasteiger partial charge < -0.3 is 9.41 Å². The number of fused-ring (bicyclic) bond motifs is 1. The van der Waals surface area contributed by atoms with Gasteiger partial charge >= 0.3 is 5.69 Å². The first-order valence-electron chi connectivity index (χ1n) is 7.88. The quantitative estimate of drug-likeness (QED) is 0.676. The van der Waals surface area contributed by atoms with Crippen LogP contribution in [0.3, 0.4) is 0 Å². The van der Waals surface area contributed by atoms with Crippen molar-refractivity contribution < 1.29 is 4.43 Å². The van der Waals surface area contributed by atoms with E-state index >= 15 is 0 Å². The standard InChI is InChI=1S/C15H23ClN4O2Si/c1-15(2,3)23(4,5)22-10-6-9(7-10)20-13-11(19-14(20)21)12(16)17-8-18-13/h8-10H,6-7H2,1-5H3,(H,19,21). The predicted octanol–water partition coefficient (Wildman–Crippen LogP) is 3.50. The van der Waals surface area contributed by atoms with Gasteiger partial charge in [-0.2, -0.15) is 0 Å². The lowest BCUT2D eigenvalue weighted by molar-refractivity contribution is 0.0581. The zero-order valence-corrected chi connectivity index (χ0v) is 15.9. The first-order chi connectivity index (χ1) is 10.6. The van der Waals surface area contributed by atoms with Crippen molar-refractivity contribution in [2.45, 2.75) is 63.9 Å². The summed E-state index contributed by atoms with van der Waals surface area (Å²) in [5, 5.41) is 0.468. The highest BCUT2D eigenvalue weighted by molar-refractivity contribution is 6.74. The predicted molar refractivity (Wildman–Crippen MR) is 93.5 cm³/mol. The van der Waals surface area contributed by atoms with E-state index in [0.29, 0.717) is 11.2 Å². The largest absolute Gasteiger partial charge is 0.414 e. The van der Waals surface area contributed by atoms with Crippen molar-refractivity contribution in [2.24, 2.45) is 0 Å². The molecule has 0 spiro atoms. The Morgan fingerprint density at radius 1 is 1.35 bits per heavy atom. The van der Waals surface area contributed by atoms with Crippen LogP contribution in [0.25, 0.3) is 11.2 Å². The summed E-state index contributed by atoms with van der Waals surface area (Å²) in [6.07, 6.45) is 3.27. The molecule has 1 saturated carbocycles. The first-order valence-corrected chi connectivity index (χ1v) is 11.2. The molecule has 0 aliphatic heterocycles. The summed E-state index contributed by atoms with van der Waals surface area (Å²) >= 11 is 6.02. The molecule has 2 aromatic rings. The lowest BCUT2D eigenvalue weighted by atomic mass is 9.89. The maximum atomic E-state index is 12.2. The maximum Gasteiger partial charge on any atom is 0.328 e. The van der Waals surface area contributed by atoms with Gasteiger partial charge in [0.15, 0.2) is 19.1 Å².